The van der Waals surface area contributed by atoms with Crippen molar-refractivity contribution in [2.24, 2.45) is 5.73 Å². The minimum absolute atomic E-state index is 0.219. The Bertz CT molecular complexity index is 392. The lowest BCUT2D eigenvalue weighted by atomic mass is 10.0. The van der Waals surface area contributed by atoms with Crippen LogP contribution in [0.25, 0.3) is 0 Å². The van der Waals surface area contributed by atoms with E-state index in [4.69, 9.17) is 15.2 Å². The molecular formula is C16H26N2O2. The fraction of sp³-hybridized carbons (Fsp3) is 0.625. The highest BCUT2D eigenvalue weighted by Crippen LogP contribution is 2.29. The number of hydrogen-bond donors (Lipinski definition) is 1. The van der Waals surface area contributed by atoms with Gasteiger partial charge in [-0.25, -0.2) is 0 Å². The maximum absolute atomic E-state index is 6.02. The molecule has 1 unspecified atom stereocenters. The van der Waals surface area contributed by atoms with E-state index in [0.717, 1.165) is 51.5 Å². The number of morpholine rings is 1. The summed E-state index contributed by atoms with van der Waals surface area (Å²) in [7, 11) is 0. The van der Waals surface area contributed by atoms with E-state index in [-0.39, 0.29) is 6.04 Å². The van der Waals surface area contributed by atoms with E-state index in [1.807, 2.05) is 12.1 Å². The van der Waals surface area contributed by atoms with Gasteiger partial charge in [-0.05, 0) is 12.5 Å². The summed E-state index contributed by atoms with van der Waals surface area (Å²) in [5, 5.41) is 0. The molecule has 2 rings (SSSR count). The molecule has 1 aromatic rings. The largest absolute Gasteiger partial charge is 0.493 e. The van der Waals surface area contributed by atoms with Gasteiger partial charge in [0.05, 0.1) is 25.9 Å². The number of benzene rings is 1. The van der Waals surface area contributed by atoms with E-state index in [2.05, 4.69) is 24.0 Å². The molecule has 4 nitrogen and oxygen atoms in total. The van der Waals surface area contributed by atoms with Crippen LogP contribution >= 0.6 is 0 Å². The van der Waals surface area contributed by atoms with Gasteiger partial charge < -0.3 is 15.2 Å². The predicted molar refractivity (Wildman–Crippen MR) is 81.0 cm³/mol. The second kappa shape index (κ2) is 8.25. The summed E-state index contributed by atoms with van der Waals surface area (Å²) in [5.41, 5.74) is 7.22. The molecule has 0 saturated carbocycles. The van der Waals surface area contributed by atoms with E-state index in [1.165, 1.54) is 5.56 Å². The molecule has 1 fully saturated rings. The first-order valence-electron chi connectivity index (χ1n) is 7.60. The van der Waals surface area contributed by atoms with E-state index in [9.17, 15) is 0 Å². The predicted octanol–water partition coefficient (Wildman–Crippen LogP) is 2.20. The lowest BCUT2D eigenvalue weighted by Crippen LogP contribution is -2.41. The van der Waals surface area contributed by atoms with Crippen molar-refractivity contribution < 1.29 is 9.47 Å². The Labute approximate surface area is 121 Å². The summed E-state index contributed by atoms with van der Waals surface area (Å²) in [6, 6.07) is 8.49. The van der Waals surface area contributed by atoms with E-state index >= 15 is 0 Å². The second-order valence-electron chi connectivity index (χ2n) is 5.14. The Morgan fingerprint density at radius 1 is 1.30 bits per heavy atom. The first-order valence-corrected chi connectivity index (χ1v) is 7.60. The summed E-state index contributed by atoms with van der Waals surface area (Å²) in [6.45, 7) is 6.99. The van der Waals surface area contributed by atoms with Crippen LogP contribution in [-0.4, -0.2) is 44.4 Å². The Morgan fingerprint density at radius 2 is 2.05 bits per heavy atom. The van der Waals surface area contributed by atoms with Gasteiger partial charge in [0.25, 0.3) is 0 Å². The maximum Gasteiger partial charge on any atom is 0.124 e. The van der Waals surface area contributed by atoms with Crippen LogP contribution in [0.3, 0.4) is 0 Å². The van der Waals surface area contributed by atoms with Gasteiger partial charge >= 0.3 is 0 Å². The molecule has 1 aliphatic heterocycles. The molecule has 2 N–H and O–H groups in total. The molecule has 1 heterocycles. The van der Waals surface area contributed by atoms with Gasteiger partial charge in [0.1, 0.15) is 5.75 Å². The van der Waals surface area contributed by atoms with Gasteiger partial charge in [0.2, 0.25) is 0 Å². The third kappa shape index (κ3) is 3.95. The third-order valence-electron chi connectivity index (χ3n) is 3.74. The molecule has 1 aromatic carbocycles. The number of unbranched alkanes of at least 4 members (excludes halogenated alkanes) is 1. The van der Waals surface area contributed by atoms with Crippen molar-refractivity contribution in [1.29, 1.82) is 0 Å². The number of rotatable bonds is 7. The van der Waals surface area contributed by atoms with Crippen LogP contribution in [0.5, 0.6) is 5.75 Å². The monoisotopic (exact) mass is 278 g/mol. The average molecular weight is 278 g/mol. The van der Waals surface area contributed by atoms with Crippen molar-refractivity contribution in [2.45, 2.75) is 25.8 Å². The van der Waals surface area contributed by atoms with Crippen LogP contribution in [0.15, 0.2) is 24.3 Å². The van der Waals surface area contributed by atoms with Crippen molar-refractivity contribution >= 4 is 0 Å². The van der Waals surface area contributed by atoms with E-state index in [1.54, 1.807) is 0 Å². The third-order valence-corrected chi connectivity index (χ3v) is 3.74. The average Bonchev–Trinajstić information content (AvgIpc) is 2.51. The molecule has 1 saturated heterocycles. The molecule has 112 valence electrons. The molecule has 0 spiro atoms. The zero-order chi connectivity index (χ0) is 14.2. The lowest BCUT2D eigenvalue weighted by Gasteiger charge is -2.34. The molecule has 0 aliphatic carbocycles. The maximum atomic E-state index is 6.02. The standard InChI is InChI=1S/C16H26N2O2/c1-2-3-10-20-16-7-5-4-6-14(16)15(13-17)18-8-11-19-12-9-18/h4-7,15H,2-3,8-13,17H2,1H3. The van der Waals surface area contributed by atoms with Crippen LogP contribution in [0.4, 0.5) is 0 Å². The number of hydrogen-bond acceptors (Lipinski definition) is 4. The van der Waals surface area contributed by atoms with Crippen molar-refractivity contribution in [3.63, 3.8) is 0 Å². The van der Waals surface area contributed by atoms with Crippen molar-refractivity contribution in [3.05, 3.63) is 29.8 Å². The Hall–Kier alpha value is -1.10. The van der Waals surface area contributed by atoms with Crippen molar-refractivity contribution in [2.75, 3.05) is 39.5 Å². The number of nitrogens with zero attached hydrogens (tertiary/aromatic N) is 1. The summed E-state index contributed by atoms with van der Waals surface area (Å²) < 4.78 is 11.4. The van der Waals surface area contributed by atoms with Gasteiger partial charge in [0.15, 0.2) is 0 Å². The van der Waals surface area contributed by atoms with Crippen LogP contribution in [-0.2, 0) is 4.74 Å². The van der Waals surface area contributed by atoms with Crippen LogP contribution < -0.4 is 10.5 Å². The smallest absolute Gasteiger partial charge is 0.124 e. The molecule has 0 bridgehead atoms. The molecule has 1 aliphatic rings. The van der Waals surface area contributed by atoms with Crippen molar-refractivity contribution in [3.8, 4) is 5.75 Å². The quantitative estimate of drug-likeness (QED) is 0.777. The highest BCUT2D eigenvalue weighted by atomic mass is 16.5. The first-order chi connectivity index (χ1) is 9.86. The van der Waals surface area contributed by atoms with Crippen molar-refractivity contribution in [1.82, 2.24) is 4.90 Å². The van der Waals surface area contributed by atoms with E-state index in [0.29, 0.717) is 6.54 Å². The van der Waals surface area contributed by atoms with Gasteiger partial charge in [-0.1, -0.05) is 31.5 Å². The number of ether oxygens (including phenoxy) is 2. The van der Waals surface area contributed by atoms with Crippen LogP contribution in [0.1, 0.15) is 31.4 Å². The van der Waals surface area contributed by atoms with E-state index < -0.39 is 0 Å². The molecule has 0 amide bonds. The summed E-state index contributed by atoms with van der Waals surface area (Å²) >= 11 is 0. The number of nitrogens with two attached hydrogens (primary N) is 1. The van der Waals surface area contributed by atoms with Crippen LogP contribution in [0, 0.1) is 0 Å². The fourth-order valence-corrected chi connectivity index (χ4v) is 2.58. The molecular weight excluding hydrogens is 252 g/mol. The first kappa shape index (κ1) is 15.3. The van der Waals surface area contributed by atoms with Gasteiger partial charge in [0, 0.05) is 25.2 Å². The Morgan fingerprint density at radius 3 is 2.75 bits per heavy atom. The minimum Gasteiger partial charge on any atom is -0.493 e. The zero-order valence-electron chi connectivity index (χ0n) is 12.4. The van der Waals surface area contributed by atoms with Gasteiger partial charge in [-0.3, -0.25) is 4.90 Å². The lowest BCUT2D eigenvalue weighted by molar-refractivity contribution is 0.0173. The zero-order valence-corrected chi connectivity index (χ0v) is 12.4. The Balaban J connectivity index is 2.11. The molecule has 20 heavy (non-hydrogen) atoms. The summed E-state index contributed by atoms with van der Waals surface area (Å²) in [4.78, 5) is 2.39. The summed E-state index contributed by atoms with van der Waals surface area (Å²) in [5.74, 6) is 0.975. The Kier molecular flexibility index (Phi) is 6.30. The summed E-state index contributed by atoms with van der Waals surface area (Å²) in [6.07, 6.45) is 2.23. The minimum atomic E-state index is 0.219. The fourth-order valence-electron chi connectivity index (χ4n) is 2.58. The highest BCUT2D eigenvalue weighted by molar-refractivity contribution is 5.36. The normalized spacial score (nSPS) is 17.9. The van der Waals surface area contributed by atoms with Gasteiger partial charge in [-0.2, -0.15) is 0 Å². The molecule has 0 radical (unpaired) electrons. The second-order valence-corrected chi connectivity index (χ2v) is 5.14. The van der Waals surface area contributed by atoms with Crippen LogP contribution in [0.2, 0.25) is 0 Å². The molecule has 1 atom stereocenters. The number of para-hydroxylation sites is 1. The highest BCUT2D eigenvalue weighted by Gasteiger charge is 2.23. The molecule has 4 heteroatoms. The van der Waals surface area contributed by atoms with Gasteiger partial charge in [-0.15, -0.1) is 0 Å². The topological polar surface area (TPSA) is 47.7 Å². The molecule has 0 aromatic heterocycles. The SMILES string of the molecule is CCCCOc1ccccc1C(CN)N1CCOCC1.